The monoisotopic (exact) mass is 335 g/mol. The molecule has 1 aliphatic rings. The summed E-state index contributed by atoms with van der Waals surface area (Å²) in [6, 6.07) is 14.7. The van der Waals surface area contributed by atoms with E-state index < -0.39 is 17.8 Å². The van der Waals surface area contributed by atoms with Crippen LogP contribution in [0.4, 0.5) is 18.9 Å². The molecule has 0 bridgehead atoms. The molecule has 1 heterocycles. The third kappa shape index (κ3) is 2.57. The Kier molecular flexibility index (Phi) is 4.30. The Balaban J connectivity index is 1.99. The van der Waals surface area contributed by atoms with Crippen molar-refractivity contribution in [2.24, 2.45) is 0 Å². The lowest BCUT2D eigenvalue weighted by molar-refractivity contribution is -0.271. The standard InChI is InChI=1S/C19H20F3NO/c1-2-23-16-11-7-6-10-15(16)18(24,19(20,21)22)17(23)13-12-14-8-4-3-5-9-14/h3-11,17,24H,2,12-13H2,1H3/t17-,18-/m0/s1. The molecule has 0 fully saturated rings. The Bertz CT molecular complexity index is 701. The van der Waals surface area contributed by atoms with Crippen molar-refractivity contribution in [3.8, 4) is 0 Å². The van der Waals surface area contributed by atoms with Gasteiger partial charge in [-0.05, 0) is 31.4 Å². The molecular formula is C19H20F3NO. The average Bonchev–Trinajstić information content (AvgIpc) is 2.83. The summed E-state index contributed by atoms with van der Waals surface area (Å²) in [7, 11) is 0. The topological polar surface area (TPSA) is 23.5 Å². The summed E-state index contributed by atoms with van der Waals surface area (Å²) in [4.78, 5) is 1.67. The van der Waals surface area contributed by atoms with Crippen LogP contribution in [0.15, 0.2) is 54.6 Å². The molecule has 1 N–H and O–H groups in total. The lowest BCUT2D eigenvalue weighted by Crippen LogP contribution is -2.54. The zero-order valence-corrected chi connectivity index (χ0v) is 13.4. The van der Waals surface area contributed by atoms with Crippen LogP contribution in [0.3, 0.4) is 0 Å². The molecule has 0 saturated carbocycles. The van der Waals surface area contributed by atoms with Crippen molar-refractivity contribution in [3.63, 3.8) is 0 Å². The van der Waals surface area contributed by atoms with Crippen LogP contribution in [0.2, 0.25) is 0 Å². The average molecular weight is 335 g/mol. The molecule has 24 heavy (non-hydrogen) atoms. The normalized spacial score (nSPS) is 23.4. The summed E-state index contributed by atoms with van der Waals surface area (Å²) in [6.07, 6.45) is -4.02. The third-order valence-electron chi connectivity index (χ3n) is 4.80. The van der Waals surface area contributed by atoms with Gasteiger partial charge in [0.25, 0.3) is 0 Å². The van der Waals surface area contributed by atoms with E-state index in [9.17, 15) is 18.3 Å². The number of benzene rings is 2. The van der Waals surface area contributed by atoms with E-state index in [2.05, 4.69) is 0 Å². The van der Waals surface area contributed by atoms with Crippen molar-refractivity contribution in [1.82, 2.24) is 0 Å². The van der Waals surface area contributed by atoms with Crippen molar-refractivity contribution < 1.29 is 18.3 Å². The van der Waals surface area contributed by atoms with E-state index in [1.807, 2.05) is 37.3 Å². The van der Waals surface area contributed by atoms with Gasteiger partial charge in [-0.15, -0.1) is 0 Å². The highest BCUT2D eigenvalue weighted by Crippen LogP contribution is 2.53. The summed E-state index contributed by atoms with van der Waals surface area (Å²) in [5.74, 6) is 0. The van der Waals surface area contributed by atoms with Crippen LogP contribution in [-0.2, 0) is 12.0 Å². The molecule has 0 spiro atoms. The maximum Gasteiger partial charge on any atom is 0.423 e. The fraction of sp³-hybridized carbons (Fsp3) is 0.368. The van der Waals surface area contributed by atoms with E-state index in [0.717, 1.165) is 5.56 Å². The number of nitrogens with zero attached hydrogens (tertiary/aromatic N) is 1. The number of alkyl halides is 3. The van der Waals surface area contributed by atoms with Crippen LogP contribution in [0.25, 0.3) is 0 Å². The number of hydrogen-bond acceptors (Lipinski definition) is 2. The van der Waals surface area contributed by atoms with Crippen molar-refractivity contribution >= 4 is 5.69 Å². The van der Waals surface area contributed by atoms with E-state index >= 15 is 0 Å². The van der Waals surface area contributed by atoms with Crippen molar-refractivity contribution in [1.29, 1.82) is 0 Å². The van der Waals surface area contributed by atoms with Crippen molar-refractivity contribution in [3.05, 3.63) is 65.7 Å². The Hall–Kier alpha value is -2.01. The van der Waals surface area contributed by atoms with E-state index in [1.54, 1.807) is 23.1 Å². The Morgan fingerprint density at radius 3 is 2.29 bits per heavy atom. The molecule has 2 nitrogen and oxygen atoms in total. The summed E-state index contributed by atoms with van der Waals surface area (Å²) >= 11 is 0. The van der Waals surface area contributed by atoms with Crippen LogP contribution in [0.1, 0.15) is 24.5 Å². The lowest BCUT2D eigenvalue weighted by atomic mass is 9.85. The van der Waals surface area contributed by atoms with E-state index in [4.69, 9.17) is 0 Å². The molecule has 2 aromatic rings. The molecule has 2 atom stereocenters. The van der Waals surface area contributed by atoms with Crippen LogP contribution in [0.5, 0.6) is 0 Å². The molecule has 2 aromatic carbocycles. The number of likely N-dealkylation sites (N-methyl/N-ethyl adjacent to an activating group) is 1. The minimum Gasteiger partial charge on any atom is -0.375 e. The van der Waals surface area contributed by atoms with Gasteiger partial charge in [0.1, 0.15) is 0 Å². The van der Waals surface area contributed by atoms with Crippen LogP contribution >= 0.6 is 0 Å². The van der Waals surface area contributed by atoms with Gasteiger partial charge in [0.15, 0.2) is 0 Å². The van der Waals surface area contributed by atoms with E-state index in [0.29, 0.717) is 18.7 Å². The van der Waals surface area contributed by atoms with Gasteiger partial charge in [0.05, 0.1) is 6.04 Å². The number of rotatable bonds is 4. The van der Waals surface area contributed by atoms with Gasteiger partial charge in [0.2, 0.25) is 5.60 Å². The Labute approximate surface area is 139 Å². The van der Waals surface area contributed by atoms with Gasteiger partial charge >= 0.3 is 6.18 Å². The first kappa shape index (κ1) is 16.8. The number of aliphatic hydroxyl groups is 1. The van der Waals surface area contributed by atoms with Crippen LogP contribution in [-0.4, -0.2) is 23.9 Å². The molecule has 0 aromatic heterocycles. The largest absolute Gasteiger partial charge is 0.423 e. The highest BCUT2D eigenvalue weighted by Gasteiger charge is 2.65. The molecule has 3 rings (SSSR count). The molecular weight excluding hydrogens is 315 g/mol. The molecule has 0 saturated heterocycles. The summed E-state index contributed by atoms with van der Waals surface area (Å²) in [5.41, 5.74) is -1.45. The van der Waals surface area contributed by atoms with Crippen LogP contribution in [0, 0.1) is 0 Å². The van der Waals surface area contributed by atoms with Crippen molar-refractivity contribution in [2.45, 2.75) is 37.6 Å². The van der Waals surface area contributed by atoms with Crippen molar-refractivity contribution in [2.75, 3.05) is 11.4 Å². The first-order valence-electron chi connectivity index (χ1n) is 8.08. The van der Waals surface area contributed by atoms with E-state index in [1.165, 1.54) is 6.07 Å². The Morgan fingerprint density at radius 1 is 1.04 bits per heavy atom. The molecule has 128 valence electrons. The molecule has 0 aliphatic carbocycles. The zero-order chi connectivity index (χ0) is 17.4. The quantitative estimate of drug-likeness (QED) is 0.901. The number of para-hydroxylation sites is 1. The SMILES string of the molecule is CCN1c2ccccc2[C@@](O)(C(F)(F)F)[C@@H]1CCc1ccccc1. The van der Waals surface area contributed by atoms with Gasteiger partial charge in [-0.25, -0.2) is 0 Å². The lowest BCUT2D eigenvalue weighted by Gasteiger charge is -2.36. The summed E-state index contributed by atoms with van der Waals surface area (Å²) < 4.78 is 41.5. The highest BCUT2D eigenvalue weighted by molar-refractivity contribution is 5.64. The second kappa shape index (κ2) is 6.13. The third-order valence-corrected chi connectivity index (χ3v) is 4.80. The summed E-state index contributed by atoms with van der Waals surface area (Å²) in [5, 5.41) is 10.8. The van der Waals surface area contributed by atoms with E-state index in [-0.39, 0.29) is 12.0 Å². The molecule has 1 aliphatic heterocycles. The number of aryl methyl sites for hydroxylation is 1. The smallest absolute Gasteiger partial charge is 0.375 e. The van der Waals surface area contributed by atoms with Gasteiger partial charge in [-0.2, -0.15) is 13.2 Å². The molecule has 0 radical (unpaired) electrons. The molecule has 0 amide bonds. The maximum atomic E-state index is 13.8. The highest BCUT2D eigenvalue weighted by atomic mass is 19.4. The fourth-order valence-electron chi connectivity index (χ4n) is 3.66. The minimum absolute atomic E-state index is 0.0441. The van der Waals surface area contributed by atoms with Gasteiger partial charge < -0.3 is 10.0 Å². The predicted octanol–water partition coefficient (Wildman–Crippen LogP) is 4.28. The number of halogens is 3. The zero-order valence-electron chi connectivity index (χ0n) is 13.4. The molecule has 0 unspecified atom stereocenters. The van der Waals surface area contributed by atoms with Gasteiger partial charge in [-0.1, -0.05) is 48.5 Å². The predicted molar refractivity (Wildman–Crippen MR) is 88.0 cm³/mol. The second-order valence-electron chi connectivity index (χ2n) is 6.11. The first-order valence-corrected chi connectivity index (χ1v) is 8.08. The minimum atomic E-state index is -4.73. The Morgan fingerprint density at radius 2 is 1.67 bits per heavy atom. The number of anilines is 1. The number of fused-ring (bicyclic) bond motifs is 1. The maximum absolute atomic E-state index is 13.8. The summed E-state index contributed by atoms with van der Waals surface area (Å²) in [6.45, 7) is 2.23. The number of hydrogen-bond donors (Lipinski definition) is 1. The molecule has 5 heteroatoms. The van der Waals surface area contributed by atoms with Gasteiger partial charge in [-0.3, -0.25) is 0 Å². The van der Waals surface area contributed by atoms with Gasteiger partial charge in [0, 0.05) is 17.8 Å². The first-order chi connectivity index (χ1) is 11.4. The second-order valence-corrected chi connectivity index (χ2v) is 6.11. The fourth-order valence-corrected chi connectivity index (χ4v) is 3.66. The van der Waals surface area contributed by atoms with Crippen LogP contribution < -0.4 is 4.90 Å².